The molecule has 0 bridgehead atoms. The van der Waals surface area contributed by atoms with Crippen LogP contribution in [0, 0.1) is 11.8 Å². The summed E-state index contributed by atoms with van der Waals surface area (Å²) in [6.07, 6.45) is 5.44. The van der Waals surface area contributed by atoms with Gasteiger partial charge in [0.1, 0.15) is 6.61 Å². The number of benzene rings is 2. The van der Waals surface area contributed by atoms with Crippen LogP contribution in [0.1, 0.15) is 37.6 Å². The van der Waals surface area contributed by atoms with Gasteiger partial charge in [0.15, 0.2) is 6.17 Å². The smallest absolute Gasteiger partial charge is 0.185 e. The number of pyridine rings is 1. The van der Waals surface area contributed by atoms with E-state index < -0.39 is 16.5 Å². The zero-order chi connectivity index (χ0) is 21.8. The monoisotopic (exact) mass is 423 g/mol. The highest BCUT2D eigenvalue weighted by molar-refractivity contribution is 8.29. The molecule has 0 aliphatic rings. The third kappa shape index (κ3) is 5.62. The molecular formula is C26H30FNOS. The molecule has 1 unspecified atom stereocenters. The van der Waals surface area contributed by atoms with E-state index in [9.17, 15) is 4.39 Å². The van der Waals surface area contributed by atoms with Gasteiger partial charge in [-0.15, -0.1) is 10.3 Å². The molecule has 2 aromatic carbocycles. The van der Waals surface area contributed by atoms with Crippen molar-refractivity contribution in [1.82, 2.24) is 4.98 Å². The quantitative estimate of drug-likeness (QED) is 0.449. The number of aromatic nitrogens is 1. The summed E-state index contributed by atoms with van der Waals surface area (Å²) in [5.74, 6) is 5.60. The Morgan fingerprint density at radius 2 is 1.73 bits per heavy atom. The zero-order valence-corrected chi connectivity index (χ0v) is 19.2. The molecule has 0 saturated heterocycles. The lowest BCUT2D eigenvalue weighted by Crippen LogP contribution is -2.27. The second-order valence-electron chi connectivity index (χ2n) is 8.72. The van der Waals surface area contributed by atoms with Crippen LogP contribution in [-0.4, -0.2) is 35.0 Å². The van der Waals surface area contributed by atoms with Crippen LogP contribution < -0.4 is 0 Å². The van der Waals surface area contributed by atoms with E-state index in [0.717, 1.165) is 23.2 Å². The van der Waals surface area contributed by atoms with Gasteiger partial charge in [0.05, 0.1) is 5.69 Å². The minimum atomic E-state index is -1.34. The van der Waals surface area contributed by atoms with Crippen LogP contribution in [0.2, 0.25) is 0 Å². The van der Waals surface area contributed by atoms with E-state index in [1.807, 2.05) is 48.7 Å². The summed E-state index contributed by atoms with van der Waals surface area (Å²) >= 11 is 0. The van der Waals surface area contributed by atoms with Crippen LogP contribution in [0.25, 0.3) is 10.8 Å². The van der Waals surface area contributed by atoms with Crippen LogP contribution in [0.4, 0.5) is 4.39 Å². The lowest BCUT2D eigenvalue weighted by molar-refractivity contribution is 0.253. The van der Waals surface area contributed by atoms with E-state index in [1.54, 1.807) is 0 Å². The van der Waals surface area contributed by atoms with Gasteiger partial charge >= 0.3 is 0 Å². The van der Waals surface area contributed by atoms with Crippen molar-refractivity contribution in [2.75, 3.05) is 19.1 Å². The normalized spacial score (nSPS) is 13.5. The number of rotatable bonds is 5. The van der Waals surface area contributed by atoms with Gasteiger partial charge in [-0.3, -0.25) is 4.98 Å². The zero-order valence-electron chi connectivity index (χ0n) is 18.4. The minimum absolute atomic E-state index is 0.00884. The first-order valence-electron chi connectivity index (χ1n) is 10.1. The molecular weight excluding hydrogens is 393 g/mol. The Bertz CT molecular complexity index is 1050. The van der Waals surface area contributed by atoms with Crippen molar-refractivity contribution < 1.29 is 8.57 Å². The first-order valence-corrected chi connectivity index (χ1v) is 12.5. The number of halogens is 1. The topological polar surface area (TPSA) is 22.1 Å². The van der Waals surface area contributed by atoms with Crippen LogP contribution >= 0.6 is 10.3 Å². The SMILES string of the molecule is CC(C)(C)S(C)(C)OCC(F)C#Cc1ccc(Cc2nccc3ccccc23)cc1. The molecule has 0 saturated carbocycles. The fourth-order valence-corrected chi connectivity index (χ4v) is 3.65. The lowest BCUT2D eigenvalue weighted by Gasteiger charge is -2.43. The summed E-state index contributed by atoms with van der Waals surface area (Å²) < 4.78 is 20.1. The molecule has 3 aromatic rings. The second-order valence-corrected chi connectivity index (χ2v) is 12.6. The van der Waals surface area contributed by atoms with Gasteiger partial charge in [-0.25, -0.2) is 4.39 Å². The van der Waals surface area contributed by atoms with Crippen molar-refractivity contribution in [2.24, 2.45) is 0 Å². The fraction of sp³-hybridized carbons (Fsp3) is 0.346. The van der Waals surface area contributed by atoms with E-state index in [0.29, 0.717) is 0 Å². The minimum Gasteiger partial charge on any atom is -0.333 e. The standard InChI is InChI=1S/C26H30FNOS/c1-26(2,3)30(4,5)29-19-23(27)15-14-20-10-12-21(13-11-20)18-25-24-9-7-6-8-22(24)16-17-28-25/h6-13,16-17,23H,18-19H2,1-5H3. The summed E-state index contributed by atoms with van der Waals surface area (Å²) in [5.41, 5.74) is 3.01. The number of alkyl halides is 1. The van der Waals surface area contributed by atoms with Gasteiger partial charge in [0.2, 0.25) is 0 Å². The number of hydrogen-bond acceptors (Lipinski definition) is 2. The molecule has 0 amide bonds. The first kappa shape index (κ1) is 22.3. The molecule has 1 heterocycles. The van der Waals surface area contributed by atoms with E-state index in [-0.39, 0.29) is 11.4 Å². The second kappa shape index (κ2) is 9.20. The van der Waals surface area contributed by atoms with Gasteiger partial charge < -0.3 is 4.18 Å². The third-order valence-electron chi connectivity index (χ3n) is 5.44. The van der Waals surface area contributed by atoms with Crippen molar-refractivity contribution in [1.29, 1.82) is 0 Å². The van der Waals surface area contributed by atoms with Crippen LogP contribution in [0.3, 0.4) is 0 Å². The molecule has 158 valence electrons. The molecule has 0 aliphatic heterocycles. The molecule has 1 aromatic heterocycles. The van der Waals surface area contributed by atoms with E-state index in [2.05, 4.69) is 62.2 Å². The van der Waals surface area contributed by atoms with Crippen molar-refractivity contribution in [3.63, 3.8) is 0 Å². The molecule has 2 nitrogen and oxygen atoms in total. The lowest BCUT2D eigenvalue weighted by atomic mass is 10.0. The van der Waals surface area contributed by atoms with Crippen LogP contribution in [0.5, 0.6) is 0 Å². The maximum absolute atomic E-state index is 14.2. The Morgan fingerprint density at radius 3 is 2.43 bits per heavy atom. The maximum atomic E-state index is 14.2. The van der Waals surface area contributed by atoms with Crippen molar-refractivity contribution in [3.8, 4) is 11.8 Å². The van der Waals surface area contributed by atoms with E-state index in [4.69, 9.17) is 4.18 Å². The molecule has 0 aliphatic carbocycles. The van der Waals surface area contributed by atoms with E-state index in [1.165, 1.54) is 10.8 Å². The Kier molecular flexibility index (Phi) is 6.85. The average Bonchev–Trinajstić information content (AvgIpc) is 2.71. The largest absolute Gasteiger partial charge is 0.333 e. The summed E-state index contributed by atoms with van der Waals surface area (Å²) in [6.45, 7) is 6.38. The molecule has 1 atom stereocenters. The predicted molar refractivity (Wildman–Crippen MR) is 128 cm³/mol. The van der Waals surface area contributed by atoms with Crippen LogP contribution in [-0.2, 0) is 10.6 Å². The highest BCUT2D eigenvalue weighted by Gasteiger charge is 2.29. The van der Waals surface area contributed by atoms with Crippen LogP contribution in [0.15, 0.2) is 60.8 Å². The molecule has 30 heavy (non-hydrogen) atoms. The van der Waals surface area contributed by atoms with Crippen molar-refractivity contribution >= 4 is 21.1 Å². The summed E-state index contributed by atoms with van der Waals surface area (Å²) in [5, 5.41) is 2.36. The van der Waals surface area contributed by atoms with Gasteiger partial charge in [0.25, 0.3) is 0 Å². The third-order valence-corrected chi connectivity index (χ3v) is 9.11. The number of nitrogens with zero attached hydrogens (tertiary/aromatic N) is 1. The van der Waals surface area contributed by atoms with Gasteiger partial charge in [-0.1, -0.05) is 69.0 Å². The fourth-order valence-electron chi connectivity index (χ4n) is 2.83. The first-order chi connectivity index (χ1) is 14.2. The summed E-state index contributed by atoms with van der Waals surface area (Å²) in [4.78, 5) is 4.55. The Hall–Kier alpha value is -2.35. The summed E-state index contributed by atoms with van der Waals surface area (Å²) in [7, 11) is -1.34. The van der Waals surface area contributed by atoms with Crippen molar-refractivity contribution in [3.05, 3.63) is 77.6 Å². The highest BCUT2D eigenvalue weighted by atomic mass is 32.3. The highest BCUT2D eigenvalue weighted by Crippen LogP contribution is 2.53. The van der Waals surface area contributed by atoms with E-state index >= 15 is 0 Å². The van der Waals surface area contributed by atoms with Gasteiger partial charge in [-0.2, -0.15) is 0 Å². The molecule has 0 fully saturated rings. The maximum Gasteiger partial charge on any atom is 0.185 e. The Balaban J connectivity index is 1.63. The average molecular weight is 424 g/mol. The molecule has 0 spiro atoms. The van der Waals surface area contributed by atoms with Gasteiger partial charge in [0, 0.05) is 28.3 Å². The molecule has 3 rings (SSSR count). The molecule has 0 N–H and O–H groups in total. The number of hydrogen-bond donors (Lipinski definition) is 0. The summed E-state index contributed by atoms with van der Waals surface area (Å²) in [6, 6.07) is 18.2. The molecule has 0 radical (unpaired) electrons. The Labute approximate surface area is 181 Å². The molecule has 4 heteroatoms. The predicted octanol–water partition coefficient (Wildman–Crippen LogP) is 6.31. The van der Waals surface area contributed by atoms with Crippen molar-refractivity contribution in [2.45, 2.75) is 38.1 Å². The Morgan fingerprint density at radius 1 is 1.03 bits per heavy atom. The number of fused-ring (bicyclic) bond motifs is 1. The van der Waals surface area contributed by atoms with Gasteiger partial charge in [-0.05, 0) is 41.7 Å².